The van der Waals surface area contributed by atoms with E-state index in [2.05, 4.69) is 25.2 Å². The largest absolute Gasteiger partial charge is 0.494 e. The van der Waals surface area contributed by atoms with Gasteiger partial charge in [-0.05, 0) is 30.3 Å². The highest BCUT2D eigenvalue weighted by Crippen LogP contribution is 2.35. The van der Waals surface area contributed by atoms with Crippen molar-refractivity contribution in [1.29, 1.82) is 0 Å². The minimum absolute atomic E-state index is 0.0807. The predicted molar refractivity (Wildman–Crippen MR) is 133 cm³/mol. The van der Waals surface area contributed by atoms with Crippen LogP contribution < -0.4 is 19.7 Å². The van der Waals surface area contributed by atoms with E-state index in [0.717, 1.165) is 25.0 Å². The maximum Gasteiger partial charge on any atom is 0.233 e. The van der Waals surface area contributed by atoms with E-state index < -0.39 is 9.84 Å². The van der Waals surface area contributed by atoms with Crippen LogP contribution in [0.1, 0.15) is 0 Å². The van der Waals surface area contributed by atoms with Crippen molar-refractivity contribution in [3.63, 3.8) is 0 Å². The topological polar surface area (TPSA) is 119 Å². The standard InChI is InChI=1S/C24H25N5O5S/c1-32-20-15-16(29-11-13-33-14-12-29)7-8-18(20)26-24-27-22-17(9-10-25-22)23(28-24)34-19-5-3-4-6-21(19)35(2,30)31/h3-10,15H,11-14H2,1-2H3,(H2,25,26,27,28). The van der Waals surface area contributed by atoms with Crippen LogP contribution in [-0.4, -0.2) is 63.0 Å². The maximum atomic E-state index is 12.2. The number of anilines is 3. The SMILES string of the molecule is COc1cc(N2CCOCC2)ccc1Nc1nc(Oc2ccccc2S(C)(=O)=O)c2cc[nH]c2n1. The van der Waals surface area contributed by atoms with Crippen molar-refractivity contribution in [1.82, 2.24) is 15.0 Å². The third-order valence-electron chi connectivity index (χ3n) is 5.64. The summed E-state index contributed by atoms with van der Waals surface area (Å²) < 4.78 is 41.5. The maximum absolute atomic E-state index is 12.2. The minimum Gasteiger partial charge on any atom is -0.494 e. The van der Waals surface area contributed by atoms with Gasteiger partial charge >= 0.3 is 0 Å². The van der Waals surface area contributed by atoms with Crippen LogP contribution in [0, 0.1) is 0 Å². The molecule has 2 aromatic heterocycles. The number of nitrogens with zero attached hydrogens (tertiary/aromatic N) is 3. The molecule has 182 valence electrons. The first kappa shape index (κ1) is 22.9. The monoisotopic (exact) mass is 495 g/mol. The van der Waals surface area contributed by atoms with E-state index in [4.69, 9.17) is 14.2 Å². The van der Waals surface area contributed by atoms with Gasteiger partial charge in [0.25, 0.3) is 0 Å². The van der Waals surface area contributed by atoms with Crippen molar-refractivity contribution >= 4 is 38.2 Å². The molecule has 35 heavy (non-hydrogen) atoms. The molecule has 0 radical (unpaired) electrons. The van der Waals surface area contributed by atoms with Gasteiger partial charge < -0.3 is 29.4 Å². The molecular formula is C24H25N5O5S. The van der Waals surface area contributed by atoms with Crippen LogP contribution in [0.4, 0.5) is 17.3 Å². The highest BCUT2D eigenvalue weighted by atomic mass is 32.2. The van der Waals surface area contributed by atoms with Crippen LogP contribution in [-0.2, 0) is 14.6 Å². The molecule has 0 bridgehead atoms. The van der Waals surface area contributed by atoms with Crippen LogP contribution in [0.3, 0.4) is 0 Å². The number of nitrogens with one attached hydrogen (secondary N) is 2. The number of fused-ring (bicyclic) bond motifs is 1. The summed E-state index contributed by atoms with van der Waals surface area (Å²) in [5.41, 5.74) is 2.26. The van der Waals surface area contributed by atoms with Gasteiger partial charge in [-0.15, -0.1) is 0 Å². The van der Waals surface area contributed by atoms with Gasteiger partial charge in [-0.25, -0.2) is 8.42 Å². The van der Waals surface area contributed by atoms with E-state index in [0.29, 0.717) is 35.7 Å². The summed E-state index contributed by atoms with van der Waals surface area (Å²) in [4.78, 5) is 14.4. The van der Waals surface area contributed by atoms with E-state index in [9.17, 15) is 8.42 Å². The fourth-order valence-electron chi connectivity index (χ4n) is 3.91. The average Bonchev–Trinajstić information content (AvgIpc) is 3.33. The van der Waals surface area contributed by atoms with Crippen LogP contribution in [0.2, 0.25) is 0 Å². The molecule has 1 aliphatic heterocycles. The molecule has 0 spiro atoms. The van der Waals surface area contributed by atoms with Crippen molar-refractivity contribution < 1.29 is 22.6 Å². The van der Waals surface area contributed by atoms with Gasteiger partial charge in [0, 0.05) is 37.3 Å². The molecule has 0 amide bonds. The van der Waals surface area contributed by atoms with Gasteiger partial charge in [-0.2, -0.15) is 9.97 Å². The average molecular weight is 496 g/mol. The molecule has 1 saturated heterocycles. The first-order valence-corrected chi connectivity index (χ1v) is 12.9. The number of aromatic nitrogens is 3. The number of hydrogen-bond donors (Lipinski definition) is 2. The Hall–Kier alpha value is -3.83. The minimum atomic E-state index is -3.49. The van der Waals surface area contributed by atoms with Crippen LogP contribution in [0.15, 0.2) is 59.6 Å². The van der Waals surface area contributed by atoms with Crippen molar-refractivity contribution in [2.45, 2.75) is 4.90 Å². The zero-order valence-corrected chi connectivity index (χ0v) is 20.1. The fourth-order valence-corrected chi connectivity index (χ4v) is 4.71. The van der Waals surface area contributed by atoms with E-state index in [1.807, 2.05) is 18.2 Å². The first-order chi connectivity index (χ1) is 16.9. The number of para-hydroxylation sites is 1. The molecule has 5 rings (SSSR count). The van der Waals surface area contributed by atoms with Gasteiger partial charge in [0.15, 0.2) is 9.84 Å². The lowest BCUT2D eigenvalue weighted by Crippen LogP contribution is -2.36. The van der Waals surface area contributed by atoms with Gasteiger partial charge in [-0.1, -0.05) is 12.1 Å². The number of benzene rings is 2. The van der Waals surface area contributed by atoms with E-state index in [1.54, 1.807) is 37.6 Å². The van der Waals surface area contributed by atoms with E-state index >= 15 is 0 Å². The molecule has 0 saturated carbocycles. The number of aromatic amines is 1. The number of H-pyrrole nitrogens is 1. The molecule has 0 aliphatic carbocycles. The quantitative estimate of drug-likeness (QED) is 0.395. The molecule has 2 aromatic carbocycles. The fraction of sp³-hybridized carbons (Fsp3) is 0.250. The van der Waals surface area contributed by atoms with Crippen LogP contribution >= 0.6 is 0 Å². The molecule has 11 heteroatoms. The van der Waals surface area contributed by atoms with Crippen molar-refractivity contribution in [2.75, 3.05) is 49.9 Å². The molecule has 0 unspecified atom stereocenters. The Morgan fingerprint density at radius 1 is 1.06 bits per heavy atom. The van der Waals surface area contributed by atoms with Gasteiger partial charge in [0.05, 0.1) is 31.4 Å². The Labute approximate surface area is 202 Å². The summed E-state index contributed by atoms with van der Waals surface area (Å²) in [6.45, 7) is 3.02. The Bertz CT molecular complexity index is 1460. The zero-order chi connectivity index (χ0) is 24.4. The van der Waals surface area contributed by atoms with Crippen LogP contribution in [0.5, 0.6) is 17.4 Å². The molecule has 4 aromatic rings. The van der Waals surface area contributed by atoms with Gasteiger partial charge in [0.2, 0.25) is 11.8 Å². The Morgan fingerprint density at radius 2 is 1.86 bits per heavy atom. The summed E-state index contributed by atoms with van der Waals surface area (Å²) in [7, 11) is -1.89. The highest BCUT2D eigenvalue weighted by Gasteiger charge is 2.19. The molecule has 1 fully saturated rings. The number of methoxy groups -OCH3 is 1. The third kappa shape index (κ3) is 4.86. The Morgan fingerprint density at radius 3 is 2.63 bits per heavy atom. The molecule has 10 nitrogen and oxygen atoms in total. The summed E-state index contributed by atoms with van der Waals surface area (Å²) in [6.07, 6.45) is 2.86. The molecule has 2 N–H and O–H groups in total. The smallest absolute Gasteiger partial charge is 0.233 e. The van der Waals surface area contributed by atoms with Gasteiger partial charge in [0.1, 0.15) is 22.0 Å². The lowest BCUT2D eigenvalue weighted by molar-refractivity contribution is 0.122. The van der Waals surface area contributed by atoms with E-state index in [1.165, 1.54) is 6.07 Å². The Kier molecular flexibility index (Phi) is 6.18. The molecule has 0 atom stereocenters. The normalized spacial score (nSPS) is 14.2. The van der Waals surface area contributed by atoms with E-state index in [-0.39, 0.29) is 22.5 Å². The first-order valence-electron chi connectivity index (χ1n) is 11.0. The zero-order valence-electron chi connectivity index (χ0n) is 19.3. The summed E-state index contributed by atoms with van der Waals surface area (Å²) in [5, 5.41) is 3.82. The highest BCUT2D eigenvalue weighted by molar-refractivity contribution is 7.90. The summed E-state index contributed by atoms with van der Waals surface area (Å²) in [5.74, 6) is 1.31. The second-order valence-electron chi connectivity index (χ2n) is 8.02. The summed E-state index contributed by atoms with van der Waals surface area (Å²) >= 11 is 0. The van der Waals surface area contributed by atoms with Crippen molar-refractivity contribution in [3.8, 4) is 17.4 Å². The second kappa shape index (κ2) is 9.43. The number of rotatable bonds is 7. The van der Waals surface area contributed by atoms with Gasteiger partial charge in [-0.3, -0.25) is 0 Å². The lowest BCUT2D eigenvalue weighted by Gasteiger charge is -2.29. The molecule has 1 aliphatic rings. The van der Waals surface area contributed by atoms with Crippen LogP contribution in [0.25, 0.3) is 11.0 Å². The summed E-state index contributed by atoms with van der Waals surface area (Å²) in [6, 6.07) is 14.1. The van der Waals surface area contributed by atoms with Crippen molar-refractivity contribution in [2.24, 2.45) is 0 Å². The number of ether oxygens (including phenoxy) is 3. The predicted octanol–water partition coefficient (Wildman–Crippen LogP) is 3.74. The molecular weight excluding hydrogens is 470 g/mol. The second-order valence-corrected chi connectivity index (χ2v) is 10.0. The number of morpholine rings is 1. The third-order valence-corrected chi connectivity index (χ3v) is 6.78. The van der Waals surface area contributed by atoms with Crippen molar-refractivity contribution in [3.05, 3.63) is 54.7 Å². The number of sulfone groups is 1. The Balaban J connectivity index is 1.48. The number of hydrogen-bond acceptors (Lipinski definition) is 9. The lowest BCUT2D eigenvalue weighted by atomic mass is 10.2. The molecule has 3 heterocycles.